The maximum atomic E-state index is 12.4. The van der Waals surface area contributed by atoms with Gasteiger partial charge in [-0.1, -0.05) is 20.8 Å². The van der Waals surface area contributed by atoms with E-state index < -0.39 is 23.3 Å². The average molecular weight is 274 g/mol. The van der Waals surface area contributed by atoms with Crippen LogP contribution in [-0.4, -0.2) is 32.8 Å². The number of nitriles is 1. The van der Waals surface area contributed by atoms with Crippen molar-refractivity contribution in [1.29, 1.82) is 5.26 Å². The van der Waals surface area contributed by atoms with Gasteiger partial charge in [-0.3, -0.25) is 14.7 Å². The molecule has 0 aliphatic carbocycles. The zero-order chi connectivity index (χ0) is 15.1. The molecule has 0 saturated carbocycles. The number of rotatable bonds is 2. The number of aromatic amines is 1. The summed E-state index contributed by atoms with van der Waals surface area (Å²) in [5.41, 5.74) is 0.398. The third-order valence-corrected chi connectivity index (χ3v) is 3.70. The Morgan fingerprint density at radius 2 is 2.10 bits per heavy atom. The number of ketones is 1. The Balaban J connectivity index is 2.45. The van der Waals surface area contributed by atoms with Crippen molar-refractivity contribution in [1.82, 2.24) is 15.1 Å². The van der Waals surface area contributed by atoms with Gasteiger partial charge < -0.3 is 4.90 Å². The van der Waals surface area contributed by atoms with Gasteiger partial charge >= 0.3 is 0 Å². The van der Waals surface area contributed by atoms with Gasteiger partial charge in [-0.05, 0) is 12.3 Å². The summed E-state index contributed by atoms with van der Waals surface area (Å²) >= 11 is 0. The van der Waals surface area contributed by atoms with Gasteiger partial charge in [0.05, 0.1) is 24.3 Å². The minimum atomic E-state index is -1.19. The van der Waals surface area contributed by atoms with E-state index in [1.165, 1.54) is 4.90 Å². The third-order valence-electron chi connectivity index (χ3n) is 3.70. The highest BCUT2D eigenvalue weighted by atomic mass is 16.2. The molecule has 1 saturated heterocycles. The molecule has 6 heteroatoms. The van der Waals surface area contributed by atoms with Gasteiger partial charge in [0.25, 0.3) is 0 Å². The molecule has 1 N–H and O–H groups in total. The normalized spacial score (nSPS) is 24.9. The molecule has 1 amide bonds. The first-order chi connectivity index (χ1) is 9.29. The molecule has 6 nitrogen and oxygen atoms in total. The molecule has 0 radical (unpaired) electrons. The van der Waals surface area contributed by atoms with Crippen LogP contribution in [0.2, 0.25) is 0 Å². The van der Waals surface area contributed by atoms with Crippen molar-refractivity contribution in [3.63, 3.8) is 0 Å². The van der Waals surface area contributed by atoms with Crippen LogP contribution in [0.5, 0.6) is 0 Å². The van der Waals surface area contributed by atoms with Gasteiger partial charge in [-0.25, -0.2) is 0 Å². The van der Waals surface area contributed by atoms with Crippen LogP contribution in [0.25, 0.3) is 0 Å². The first kappa shape index (κ1) is 14.3. The van der Waals surface area contributed by atoms with Gasteiger partial charge in [0, 0.05) is 11.8 Å². The molecular weight excluding hydrogens is 256 g/mol. The standard InChI is InChI=1S/C14H18N4O2/c1-8(9-6-16-17-7-9)18-12(14(2,3)4)11(19)10(5-15)13(18)20/h6-8,10,12H,1-4H3,(H,16,17)/t8?,10?,12-/m1/s1. The molecule has 2 rings (SSSR count). The zero-order valence-corrected chi connectivity index (χ0v) is 12.0. The van der Waals surface area contributed by atoms with Crippen molar-refractivity contribution in [2.45, 2.75) is 39.8 Å². The van der Waals surface area contributed by atoms with Crippen LogP contribution in [0.1, 0.15) is 39.3 Å². The molecule has 2 unspecified atom stereocenters. The Morgan fingerprint density at radius 3 is 2.55 bits per heavy atom. The van der Waals surface area contributed by atoms with Crippen molar-refractivity contribution in [2.75, 3.05) is 0 Å². The lowest BCUT2D eigenvalue weighted by Crippen LogP contribution is -2.45. The van der Waals surface area contributed by atoms with Gasteiger partial charge in [-0.2, -0.15) is 10.4 Å². The number of amides is 1. The molecule has 3 atom stereocenters. The number of H-pyrrole nitrogens is 1. The lowest BCUT2D eigenvalue weighted by molar-refractivity contribution is -0.134. The summed E-state index contributed by atoms with van der Waals surface area (Å²) in [4.78, 5) is 26.3. The predicted molar refractivity (Wildman–Crippen MR) is 71.2 cm³/mol. The monoisotopic (exact) mass is 274 g/mol. The molecular formula is C14H18N4O2. The SMILES string of the molecule is CC(c1cn[nH]c1)N1C(=O)C(C#N)C(=O)[C@@H]1C(C)(C)C. The van der Waals surface area contributed by atoms with Crippen LogP contribution in [-0.2, 0) is 9.59 Å². The maximum Gasteiger partial charge on any atom is 0.248 e. The lowest BCUT2D eigenvalue weighted by Gasteiger charge is -2.37. The lowest BCUT2D eigenvalue weighted by atomic mass is 9.82. The molecule has 1 aromatic rings. The van der Waals surface area contributed by atoms with E-state index in [4.69, 9.17) is 5.26 Å². The highest BCUT2D eigenvalue weighted by Crippen LogP contribution is 2.38. The molecule has 0 bridgehead atoms. The number of carbonyl (C=O) groups excluding carboxylic acids is 2. The summed E-state index contributed by atoms with van der Waals surface area (Å²) in [6.45, 7) is 7.54. The van der Waals surface area contributed by atoms with Crippen LogP contribution in [0.15, 0.2) is 12.4 Å². The minimum Gasteiger partial charge on any atom is -0.324 e. The van der Waals surface area contributed by atoms with E-state index in [9.17, 15) is 9.59 Å². The molecule has 0 spiro atoms. The maximum absolute atomic E-state index is 12.4. The van der Waals surface area contributed by atoms with Crippen LogP contribution >= 0.6 is 0 Å². The minimum absolute atomic E-state index is 0.298. The Kier molecular flexibility index (Phi) is 3.38. The molecule has 1 aliphatic rings. The summed E-state index contributed by atoms with van der Waals surface area (Å²) < 4.78 is 0. The van der Waals surface area contributed by atoms with Gasteiger partial charge in [0.15, 0.2) is 11.7 Å². The van der Waals surface area contributed by atoms with E-state index in [0.29, 0.717) is 0 Å². The summed E-state index contributed by atoms with van der Waals surface area (Å²) in [7, 11) is 0. The Labute approximate surface area is 117 Å². The van der Waals surface area contributed by atoms with Gasteiger partial charge in [0.2, 0.25) is 5.91 Å². The van der Waals surface area contributed by atoms with Crippen LogP contribution < -0.4 is 0 Å². The second-order valence-electron chi connectivity index (χ2n) is 6.19. The number of likely N-dealkylation sites (tertiary alicyclic amines) is 1. The van der Waals surface area contributed by atoms with E-state index in [-0.39, 0.29) is 11.8 Å². The molecule has 2 heterocycles. The van der Waals surface area contributed by atoms with Crippen LogP contribution in [0.4, 0.5) is 0 Å². The summed E-state index contributed by atoms with van der Waals surface area (Å²) in [6.07, 6.45) is 3.32. The zero-order valence-electron chi connectivity index (χ0n) is 12.0. The number of aromatic nitrogens is 2. The van der Waals surface area contributed by atoms with Crippen molar-refractivity contribution < 1.29 is 9.59 Å². The van der Waals surface area contributed by atoms with E-state index in [2.05, 4.69) is 10.2 Å². The van der Waals surface area contributed by atoms with E-state index in [1.54, 1.807) is 12.4 Å². The molecule has 1 aliphatic heterocycles. The largest absolute Gasteiger partial charge is 0.324 e. The van der Waals surface area contributed by atoms with E-state index >= 15 is 0 Å². The first-order valence-corrected chi connectivity index (χ1v) is 6.53. The van der Waals surface area contributed by atoms with Crippen LogP contribution in [0, 0.1) is 22.7 Å². The van der Waals surface area contributed by atoms with Gasteiger partial charge in [-0.15, -0.1) is 0 Å². The molecule has 1 fully saturated rings. The van der Waals surface area contributed by atoms with Crippen molar-refractivity contribution >= 4 is 11.7 Å². The third kappa shape index (κ3) is 2.09. The Bertz CT molecular complexity index is 565. The quantitative estimate of drug-likeness (QED) is 0.826. The average Bonchev–Trinajstić information content (AvgIpc) is 2.94. The number of carbonyl (C=O) groups is 2. The fraction of sp³-hybridized carbons (Fsp3) is 0.571. The topological polar surface area (TPSA) is 89.8 Å². The smallest absolute Gasteiger partial charge is 0.248 e. The highest BCUT2D eigenvalue weighted by molar-refractivity contribution is 6.13. The molecule has 20 heavy (non-hydrogen) atoms. The fourth-order valence-electron chi connectivity index (χ4n) is 2.72. The van der Waals surface area contributed by atoms with E-state index in [1.807, 2.05) is 33.8 Å². The molecule has 0 aromatic carbocycles. The molecule has 1 aromatic heterocycles. The Morgan fingerprint density at radius 1 is 1.45 bits per heavy atom. The number of nitrogens with zero attached hydrogens (tertiary/aromatic N) is 3. The van der Waals surface area contributed by atoms with Crippen molar-refractivity contribution in [3.8, 4) is 6.07 Å². The van der Waals surface area contributed by atoms with Crippen molar-refractivity contribution in [2.24, 2.45) is 11.3 Å². The van der Waals surface area contributed by atoms with Crippen molar-refractivity contribution in [3.05, 3.63) is 18.0 Å². The second kappa shape index (κ2) is 4.75. The highest BCUT2D eigenvalue weighted by Gasteiger charge is 2.53. The van der Waals surface area contributed by atoms with Crippen LogP contribution in [0.3, 0.4) is 0 Å². The number of Topliss-reactive ketones (excluding diaryl/α,β-unsaturated/α-hetero) is 1. The Hall–Kier alpha value is -2.16. The summed E-state index contributed by atoms with van der Waals surface area (Å²) in [5.74, 6) is -1.90. The fourth-order valence-corrected chi connectivity index (χ4v) is 2.72. The summed E-state index contributed by atoms with van der Waals surface area (Å²) in [6, 6.07) is 0.940. The second-order valence-corrected chi connectivity index (χ2v) is 6.19. The number of hydrogen-bond donors (Lipinski definition) is 1. The summed E-state index contributed by atoms with van der Waals surface area (Å²) in [5, 5.41) is 15.7. The predicted octanol–water partition coefficient (Wildman–Crippen LogP) is 1.44. The number of nitrogens with one attached hydrogen (secondary N) is 1. The molecule has 106 valence electrons. The van der Waals surface area contributed by atoms with E-state index in [0.717, 1.165) is 5.56 Å². The van der Waals surface area contributed by atoms with Gasteiger partial charge in [0.1, 0.15) is 0 Å². The number of hydrogen-bond acceptors (Lipinski definition) is 4. The first-order valence-electron chi connectivity index (χ1n) is 6.53.